The Hall–Kier alpha value is -3.51. The summed E-state index contributed by atoms with van der Waals surface area (Å²) in [4.78, 5) is 13.4. The van der Waals surface area contributed by atoms with E-state index in [2.05, 4.69) is 29.2 Å². The zero-order chi connectivity index (χ0) is 22.3. The number of hydrogen-bond acceptors (Lipinski definition) is 5. The van der Waals surface area contributed by atoms with E-state index in [0.717, 1.165) is 47.0 Å². The molecule has 3 aromatic carbocycles. The number of hydrogen-bond donors (Lipinski definition) is 1. The third-order valence-corrected chi connectivity index (χ3v) is 5.52. The first-order valence-electron chi connectivity index (χ1n) is 10.7. The first-order chi connectivity index (χ1) is 15.7. The number of benzene rings is 3. The lowest BCUT2D eigenvalue weighted by Crippen LogP contribution is -2.24. The highest BCUT2D eigenvalue weighted by Crippen LogP contribution is 2.39. The van der Waals surface area contributed by atoms with Gasteiger partial charge in [0.15, 0.2) is 6.10 Å². The van der Waals surface area contributed by atoms with Gasteiger partial charge in [0, 0.05) is 31.3 Å². The number of methoxy groups -OCH3 is 1. The maximum atomic E-state index is 11.1. The number of carboxylic acid groups (broad SMARTS) is 1. The van der Waals surface area contributed by atoms with E-state index in [9.17, 15) is 4.79 Å². The molecule has 0 saturated carbocycles. The van der Waals surface area contributed by atoms with Gasteiger partial charge in [-0.05, 0) is 42.3 Å². The minimum Gasteiger partial charge on any atom is -0.494 e. The summed E-state index contributed by atoms with van der Waals surface area (Å²) in [6, 6.07) is 23.9. The number of aliphatic carboxylic acids is 1. The van der Waals surface area contributed by atoms with Crippen molar-refractivity contribution in [3.05, 3.63) is 83.9 Å². The molecule has 1 aliphatic heterocycles. The SMILES string of the molecule is COC(Cc1ccc(OCCCN2c3ccccc3COc3ccccc32)cc1)C(=O)O. The van der Waals surface area contributed by atoms with Crippen LogP contribution in [0.25, 0.3) is 0 Å². The maximum absolute atomic E-state index is 11.1. The summed E-state index contributed by atoms with van der Waals surface area (Å²) in [5, 5.41) is 9.12. The van der Waals surface area contributed by atoms with Gasteiger partial charge in [-0.15, -0.1) is 0 Å². The Balaban J connectivity index is 1.36. The minimum absolute atomic E-state index is 0.321. The Morgan fingerprint density at radius 1 is 1.03 bits per heavy atom. The van der Waals surface area contributed by atoms with Crippen LogP contribution in [-0.4, -0.2) is 37.4 Å². The topological polar surface area (TPSA) is 68.2 Å². The monoisotopic (exact) mass is 433 g/mol. The van der Waals surface area contributed by atoms with E-state index in [4.69, 9.17) is 19.3 Å². The van der Waals surface area contributed by atoms with Crippen molar-refractivity contribution in [3.8, 4) is 11.5 Å². The van der Waals surface area contributed by atoms with Crippen molar-refractivity contribution >= 4 is 17.3 Å². The lowest BCUT2D eigenvalue weighted by atomic mass is 10.1. The standard InChI is InChI=1S/C26H27NO5/c1-30-25(26(28)29)17-19-11-13-21(14-12-19)31-16-6-15-27-22-8-3-2-7-20(22)18-32-24-10-5-4-9-23(24)27/h2-5,7-14,25H,6,15-18H2,1H3,(H,28,29). The summed E-state index contributed by atoms with van der Waals surface area (Å²) >= 11 is 0. The summed E-state index contributed by atoms with van der Waals surface area (Å²) < 4.78 is 17.0. The first-order valence-corrected chi connectivity index (χ1v) is 10.7. The van der Waals surface area contributed by atoms with Crippen LogP contribution in [0.1, 0.15) is 17.5 Å². The molecule has 0 aromatic heterocycles. The van der Waals surface area contributed by atoms with Gasteiger partial charge in [0.25, 0.3) is 0 Å². The molecule has 6 nitrogen and oxygen atoms in total. The fourth-order valence-electron chi connectivity index (χ4n) is 3.84. The normalized spacial score (nSPS) is 13.3. The van der Waals surface area contributed by atoms with Gasteiger partial charge in [0.1, 0.15) is 18.1 Å². The molecule has 6 heteroatoms. The average molecular weight is 434 g/mol. The molecule has 0 bridgehead atoms. The van der Waals surface area contributed by atoms with Gasteiger partial charge in [-0.3, -0.25) is 0 Å². The van der Waals surface area contributed by atoms with E-state index in [1.165, 1.54) is 7.11 Å². The fourth-order valence-corrected chi connectivity index (χ4v) is 3.84. The van der Waals surface area contributed by atoms with Gasteiger partial charge < -0.3 is 24.2 Å². The van der Waals surface area contributed by atoms with Crippen LogP contribution in [0.5, 0.6) is 11.5 Å². The van der Waals surface area contributed by atoms with Crippen LogP contribution in [0.2, 0.25) is 0 Å². The molecule has 0 spiro atoms. The third kappa shape index (κ3) is 5.03. The number of para-hydroxylation sites is 3. The largest absolute Gasteiger partial charge is 0.494 e. The Bertz CT molecular complexity index is 1000. The molecular formula is C26H27NO5. The zero-order valence-corrected chi connectivity index (χ0v) is 18.1. The van der Waals surface area contributed by atoms with Gasteiger partial charge in [0.05, 0.1) is 12.3 Å². The summed E-state index contributed by atoms with van der Waals surface area (Å²) in [6.45, 7) is 1.92. The van der Waals surface area contributed by atoms with Crippen LogP contribution < -0.4 is 14.4 Å². The van der Waals surface area contributed by atoms with E-state index in [0.29, 0.717) is 19.6 Å². The van der Waals surface area contributed by atoms with Crippen LogP contribution in [-0.2, 0) is 22.6 Å². The van der Waals surface area contributed by atoms with E-state index >= 15 is 0 Å². The lowest BCUT2D eigenvalue weighted by molar-refractivity contribution is -0.148. The molecule has 1 heterocycles. The minimum atomic E-state index is -0.963. The van der Waals surface area contributed by atoms with E-state index in [-0.39, 0.29) is 0 Å². The van der Waals surface area contributed by atoms with Gasteiger partial charge in [-0.1, -0.05) is 42.5 Å². The molecule has 0 radical (unpaired) electrons. The number of carbonyl (C=O) groups is 1. The van der Waals surface area contributed by atoms with E-state index in [1.807, 2.05) is 48.5 Å². The second kappa shape index (κ2) is 10.2. The number of fused-ring (bicyclic) bond motifs is 2. The molecule has 4 rings (SSSR count). The second-order valence-corrected chi connectivity index (χ2v) is 7.65. The lowest BCUT2D eigenvalue weighted by Gasteiger charge is -2.25. The predicted octanol–water partition coefficient (Wildman–Crippen LogP) is 4.83. The quantitative estimate of drug-likeness (QED) is 0.488. The Morgan fingerprint density at radius 2 is 1.75 bits per heavy atom. The van der Waals surface area contributed by atoms with Crippen molar-refractivity contribution in [2.24, 2.45) is 0 Å². The van der Waals surface area contributed by atoms with Crippen LogP contribution in [0.15, 0.2) is 72.8 Å². The predicted molar refractivity (Wildman–Crippen MR) is 123 cm³/mol. The molecule has 3 aromatic rings. The molecule has 1 atom stereocenters. The van der Waals surface area contributed by atoms with E-state index in [1.54, 1.807) is 0 Å². The smallest absolute Gasteiger partial charge is 0.333 e. The van der Waals surface area contributed by atoms with Crippen molar-refractivity contribution in [1.82, 2.24) is 0 Å². The van der Waals surface area contributed by atoms with Gasteiger partial charge in [0.2, 0.25) is 0 Å². The van der Waals surface area contributed by atoms with Crippen LogP contribution in [0.3, 0.4) is 0 Å². The number of ether oxygens (including phenoxy) is 3. The Labute approximate surface area is 188 Å². The van der Waals surface area contributed by atoms with Crippen molar-refractivity contribution in [2.75, 3.05) is 25.2 Å². The van der Waals surface area contributed by atoms with Crippen LogP contribution in [0, 0.1) is 0 Å². The highest BCUT2D eigenvalue weighted by molar-refractivity contribution is 5.73. The van der Waals surface area contributed by atoms with Gasteiger partial charge >= 0.3 is 5.97 Å². The highest BCUT2D eigenvalue weighted by atomic mass is 16.5. The molecule has 0 fully saturated rings. The Morgan fingerprint density at radius 3 is 2.50 bits per heavy atom. The summed E-state index contributed by atoms with van der Waals surface area (Å²) in [5.41, 5.74) is 4.28. The molecule has 1 N–H and O–H groups in total. The third-order valence-electron chi connectivity index (χ3n) is 5.52. The van der Waals surface area contributed by atoms with Gasteiger partial charge in [-0.2, -0.15) is 0 Å². The summed E-state index contributed by atoms with van der Waals surface area (Å²) in [5.74, 6) is 0.684. The molecule has 1 unspecified atom stereocenters. The van der Waals surface area contributed by atoms with Crippen molar-refractivity contribution in [1.29, 1.82) is 0 Å². The van der Waals surface area contributed by atoms with Crippen LogP contribution >= 0.6 is 0 Å². The Kier molecular flexibility index (Phi) is 6.92. The maximum Gasteiger partial charge on any atom is 0.333 e. The van der Waals surface area contributed by atoms with Crippen molar-refractivity contribution in [2.45, 2.75) is 25.6 Å². The average Bonchev–Trinajstić information content (AvgIpc) is 2.98. The fraction of sp³-hybridized carbons (Fsp3) is 0.269. The number of carboxylic acids is 1. The molecule has 0 amide bonds. The van der Waals surface area contributed by atoms with Crippen molar-refractivity contribution < 1.29 is 24.1 Å². The molecule has 0 saturated heterocycles. The van der Waals surface area contributed by atoms with E-state index < -0.39 is 12.1 Å². The molecule has 32 heavy (non-hydrogen) atoms. The number of anilines is 2. The molecular weight excluding hydrogens is 406 g/mol. The highest BCUT2D eigenvalue weighted by Gasteiger charge is 2.21. The summed E-state index contributed by atoms with van der Waals surface area (Å²) in [6.07, 6.45) is 0.307. The second-order valence-electron chi connectivity index (χ2n) is 7.65. The molecule has 0 aliphatic carbocycles. The molecule has 166 valence electrons. The zero-order valence-electron chi connectivity index (χ0n) is 18.1. The molecule has 1 aliphatic rings. The van der Waals surface area contributed by atoms with Gasteiger partial charge in [-0.25, -0.2) is 4.79 Å². The number of nitrogens with zero attached hydrogens (tertiary/aromatic N) is 1. The number of rotatable bonds is 9. The summed E-state index contributed by atoms with van der Waals surface area (Å²) in [7, 11) is 1.41. The first kappa shape index (κ1) is 21.7. The van der Waals surface area contributed by atoms with Crippen molar-refractivity contribution in [3.63, 3.8) is 0 Å². The van der Waals surface area contributed by atoms with Crippen LogP contribution in [0.4, 0.5) is 11.4 Å².